The molecule has 106 valence electrons. The lowest BCUT2D eigenvalue weighted by Crippen LogP contribution is -2.08. The third kappa shape index (κ3) is 2.76. The van der Waals surface area contributed by atoms with Crippen molar-refractivity contribution in [1.82, 2.24) is 0 Å². The molecule has 0 radical (unpaired) electrons. The van der Waals surface area contributed by atoms with Gasteiger partial charge in [-0.1, -0.05) is 19.1 Å². The summed E-state index contributed by atoms with van der Waals surface area (Å²) in [6.45, 7) is 1.90. The third-order valence-electron chi connectivity index (χ3n) is 3.13. The van der Waals surface area contributed by atoms with Gasteiger partial charge in [0.25, 0.3) is 0 Å². The van der Waals surface area contributed by atoms with Crippen LogP contribution in [0.4, 0.5) is 23.2 Å². The number of nitrogens with two attached hydrogens (primary N) is 1. The summed E-state index contributed by atoms with van der Waals surface area (Å²) in [5, 5.41) is 0. The molecule has 0 heterocycles. The van der Waals surface area contributed by atoms with E-state index in [9.17, 15) is 17.6 Å². The Morgan fingerprint density at radius 2 is 1.60 bits per heavy atom. The van der Waals surface area contributed by atoms with Gasteiger partial charge in [-0.2, -0.15) is 13.2 Å². The van der Waals surface area contributed by atoms with E-state index >= 15 is 0 Å². The van der Waals surface area contributed by atoms with Crippen LogP contribution in [-0.4, -0.2) is 0 Å². The first kappa shape index (κ1) is 14.4. The average molecular weight is 283 g/mol. The minimum atomic E-state index is -4.71. The molecule has 2 aromatic rings. The summed E-state index contributed by atoms with van der Waals surface area (Å²) in [7, 11) is 0. The molecule has 1 nitrogen and oxygen atoms in total. The number of hydrogen-bond donors (Lipinski definition) is 1. The molecule has 0 spiro atoms. The molecule has 0 bridgehead atoms. The molecule has 2 N–H and O–H groups in total. The Hall–Kier alpha value is -2.04. The summed E-state index contributed by atoms with van der Waals surface area (Å²) in [6.07, 6.45) is -4.03. The van der Waals surface area contributed by atoms with Gasteiger partial charge >= 0.3 is 6.18 Å². The molecule has 0 saturated heterocycles. The first-order valence-electron chi connectivity index (χ1n) is 6.08. The number of aryl methyl sites for hydroxylation is 1. The first-order chi connectivity index (χ1) is 9.32. The van der Waals surface area contributed by atoms with Gasteiger partial charge in [-0.05, 0) is 47.4 Å². The molecule has 0 aliphatic rings. The lowest BCUT2D eigenvalue weighted by molar-refractivity contribution is -0.139. The highest BCUT2D eigenvalue weighted by atomic mass is 19.4. The summed E-state index contributed by atoms with van der Waals surface area (Å²) < 4.78 is 51.3. The van der Waals surface area contributed by atoms with E-state index in [1.165, 1.54) is 6.07 Å². The van der Waals surface area contributed by atoms with Gasteiger partial charge in [0.15, 0.2) is 0 Å². The second-order valence-corrected chi connectivity index (χ2v) is 4.46. The smallest absolute Gasteiger partial charge is 0.399 e. The summed E-state index contributed by atoms with van der Waals surface area (Å²) >= 11 is 0. The van der Waals surface area contributed by atoms with Gasteiger partial charge in [-0.3, -0.25) is 0 Å². The predicted molar refractivity (Wildman–Crippen MR) is 70.6 cm³/mol. The van der Waals surface area contributed by atoms with Crippen LogP contribution >= 0.6 is 0 Å². The van der Waals surface area contributed by atoms with Crippen LogP contribution in [0.15, 0.2) is 36.4 Å². The van der Waals surface area contributed by atoms with E-state index < -0.39 is 17.6 Å². The van der Waals surface area contributed by atoms with Crippen LogP contribution in [0.25, 0.3) is 11.1 Å². The van der Waals surface area contributed by atoms with Crippen molar-refractivity contribution in [2.45, 2.75) is 19.5 Å². The van der Waals surface area contributed by atoms with Crippen molar-refractivity contribution in [2.75, 3.05) is 5.73 Å². The second kappa shape index (κ2) is 5.15. The van der Waals surface area contributed by atoms with Crippen LogP contribution < -0.4 is 5.73 Å². The number of hydrogen-bond acceptors (Lipinski definition) is 1. The maximum Gasteiger partial charge on any atom is 0.419 e. The molecule has 0 aromatic heterocycles. The van der Waals surface area contributed by atoms with Crippen molar-refractivity contribution < 1.29 is 17.6 Å². The summed E-state index contributed by atoms with van der Waals surface area (Å²) in [6, 6.07) is 7.98. The van der Waals surface area contributed by atoms with Crippen molar-refractivity contribution in [1.29, 1.82) is 0 Å². The molecule has 2 aromatic carbocycles. The average Bonchev–Trinajstić information content (AvgIpc) is 2.38. The highest BCUT2D eigenvalue weighted by Crippen LogP contribution is 2.34. The summed E-state index contributed by atoms with van der Waals surface area (Å²) in [5.41, 5.74) is 6.84. The Labute approximate surface area is 114 Å². The Balaban J connectivity index is 2.54. The summed E-state index contributed by atoms with van der Waals surface area (Å²) in [5.74, 6) is -1.27. The highest BCUT2D eigenvalue weighted by molar-refractivity contribution is 5.68. The molecule has 0 aliphatic heterocycles. The van der Waals surface area contributed by atoms with Gasteiger partial charge in [-0.15, -0.1) is 0 Å². The largest absolute Gasteiger partial charge is 0.419 e. The van der Waals surface area contributed by atoms with Crippen molar-refractivity contribution in [2.24, 2.45) is 0 Å². The Morgan fingerprint density at radius 3 is 2.20 bits per heavy atom. The van der Waals surface area contributed by atoms with Gasteiger partial charge in [0.1, 0.15) is 5.82 Å². The maximum atomic E-state index is 13.3. The monoisotopic (exact) mass is 283 g/mol. The molecule has 2 rings (SSSR count). The van der Waals surface area contributed by atoms with Crippen molar-refractivity contribution in [3.05, 3.63) is 53.3 Å². The fourth-order valence-electron chi connectivity index (χ4n) is 2.01. The van der Waals surface area contributed by atoms with Gasteiger partial charge in [0, 0.05) is 5.69 Å². The molecule has 5 heteroatoms. The van der Waals surface area contributed by atoms with Gasteiger partial charge < -0.3 is 5.73 Å². The molecule has 0 saturated carbocycles. The van der Waals surface area contributed by atoms with Crippen LogP contribution in [-0.2, 0) is 12.6 Å². The second-order valence-electron chi connectivity index (χ2n) is 4.46. The van der Waals surface area contributed by atoms with Crippen molar-refractivity contribution in [3.63, 3.8) is 0 Å². The quantitative estimate of drug-likeness (QED) is 0.629. The fraction of sp³-hybridized carbons (Fsp3) is 0.200. The zero-order valence-electron chi connectivity index (χ0n) is 10.8. The Kier molecular flexibility index (Phi) is 3.70. The molecule has 0 fully saturated rings. The zero-order chi connectivity index (χ0) is 14.9. The van der Waals surface area contributed by atoms with Crippen LogP contribution in [0.2, 0.25) is 0 Å². The van der Waals surface area contributed by atoms with Gasteiger partial charge in [0.2, 0.25) is 0 Å². The molecular formula is C15H13F4N. The maximum absolute atomic E-state index is 13.3. The molecule has 0 unspecified atom stereocenters. The standard InChI is InChI=1S/C15H13F4N/c1-2-9-7-10(4-6-14(9)20)11-3-5-13(16)12(8-11)15(17,18)19/h3-8H,2,20H2,1H3. The lowest BCUT2D eigenvalue weighted by atomic mass is 9.99. The predicted octanol–water partition coefficient (Wildman–Crippen LogP) is 4.66. The van der Waals surface area contributed by atoms with Crippen LogP contribution in [0.5, 0.6) is 0 Å². The molecule has 0 aliphatic carbocycles. The van der Waals surface area contributed by atoms with Crippen LogP contribution in [0.1, 0.15) is 18.1 Å². The third-order valence-corrected chi connectivity index (χ3v) is 3.13. The minimum absolute atomic E-state index is 0.313. The van der Waals surface area contributed by atoms with E-state index in [1.54, 1.807) is 18.2 Å². The Bertz CT molecular complexity index is 632. The van der Waals surface area contributed by atoms with Crippen molar-refractivity contribution in [3.8, 4) is 11.1 Å². The molecular weight excluding hydrogens is 270 g/mol. The molecule has 0 amide bonds. The number of halogens is 4. The lowest BCUT2D eigenvalue weighted by Gasteiger charge is -2.11. The van der Waals surface area contributed by atoms with E-state index in [-0.39, 0.29) is 0 Å². The SMILES string of the molecule is CCc1cc(-c2ccc(F)c(C(F)(F)F)c2)ccc1N. The van der Waals surface area contributed by atoms with Crippen LogP contribution in [0.3, 0.4) is 0 Å². The number of alkyl halides is 3. The van der Waals surface area contributed by atoms with E-state index in [4.69, 9.17) is 5.73 Å². The van der Waals surface area contributed by atoms with Crippen molar-refractivity contribution >= 4 is 5.69 Å². The molecule has 0 atom stereocenters. The van der Waals surface area contributed by atoms with E-state index in [0.717, 1.165) is 17.7 Å². The fourth-order valence-corrected chi connectivity index (χ4v) is 2.01. The number of anilines is 1. The number of benzene rings is 2. The van der Waals surface area contributed by atoms with E-state index in [0.29, 0.717) is 23.2 Å². The summed E-state index contributed by atoms with van der Waals surface area (Å²) in [4.78, 5) is 0. The topological polar surface area (TPSA) is 26.0 Å². The number of nitrogen functional groups attached to an aromatic ring is 1. The minimum Gasteiger partial charge on any atom is -0.399 e. The Morgan fingerprint density at radius 1 is 1.00 bits per heavy atom. The normalized spacial score (nSPS) is 11.7. The highest BCUT2D eigenvalue weighted by Gasteiger charge is 2.34. The zero-order valence-corrected chi connectivity index (χ0v) is 10.8. The van der Waals surface area contributed by atoms with Crippen LogP contribution in [0, 0.1) is 5.82 Å². The molecule has 20 heavy (non-hydrogen) atoms. The van der Waals surface area contributed by atoms with E-state index in [2.05, 4.69) is 0 Å². The first-order valence-corrected chi connectivity index (χ1v) is 6.08. The number of rotatable bonds is 2. The van der Waals surface area contributed by atoms with E-state index in [1.807, 2.05) is 6.92 Å². The van der Waals surface area contributed by atoms with Gasteiger partial charge in [0.05, 0.1) is 5.56 Å². The van der Waals surface area contributed by atoms with Gasteiger partial charge in [-0.25, -0.2) is 4.39 Å².